The zero-order chi connectivity index (χ0) is 17.7. The topological polar surface area (TPSA) is 44.4 Å². The number of urea groups is 1. The van der Waals surface area contributed by atoms with Gasteiger partial charge in [0.05, 0.1) is 16.8 Å². The molecule has 0 heterocycles. The van der Waals surface area contributed by atoms with Gasteiger partial charge in [-0.2, -0.15) is 0 Å². The van der Waals surface area contributed by atoms with Crippen LogP contribution in [0.1, 0.15) is 11.6 Å². The van der Waals surface area contributed by atoms with E-state index in [1.165, 1.54) is 24.3 Å². The van der Waals surface area contributed by atoms with Crippen LogP contribution in [0, 0.1) is 11.6 Å². The molecular weight excluding hydrogens is 336 g/mol. The molecule has 1 atom stereocenters. The smallest absolute Gasteiger partial charge is 0.319 e. The lowest BCUT2D eigenvalue weighted by Gasteiger charge is -2.25. The van der Waals surface area contributed by atoms with Crippen molar-refractivity contribution in [2.24, 2.45) is 0 Å². The van der Waals surface area contributed by atoms with E-state index in [2.05, 4.69) is 10.6 Å². The monoisotopic (exact) mass is 353 g/mol. The molecule has 0 aliphatic rings. The Bertz CT molecular complexity index is 707. The number of carbonyl (C=O) groups is 1. The fourth-order valence-electron chi connectivity index (χ4n) is 2.24. The second-order valence-corrected chi connectivity index (χ2v) is 5.87. The second-order valence-electron chi connectivity index (χ2n) is 5.47. The Morgan fingerprint density at radius 2 is 1.83 bits per heavy atom. The van der Waals surface area contributed by atoms with Crippen molar-refractivity contribution in [3.63, 3.8) is 0 Å². The van der Waals surface area contributed by atoms with Crippen LogP contribution in [0.15, 0.2) is 42.5 Å². The number of amides is 2. The van der Waals surface area contributed by atoms with Crippen molar-refractivity contribution in [3.8, 4) is 0 Å². The molecule has 2 aromatic carbocycles. The summed E-state index contributed by atoms with van der Waals surface area (Å²) in [5.41, 5.74) is 0.860. The fraction of sp³-hybridized carbons (Fsp3) is 0.235. The third kappa shape index (κ3) is 4.66. The normalized spacial score (nSPS) is 12.1. The summed E-state index contributed by atoms with van der Waals surface area (Å²) in [7, 11) is 3.70. The summed E-state index contributed by atoms with van der Waals surface area (Å²) in [6, 6.07) is 9.72. The SMILES string of the molecule is CN(C)C(CNC(=O)Nc1cccc(Cl)c1F)c1ccc(F)cc1. The van der Waals surface area contributed by atoms with Crippen molar-refractivity contribution in [1.29, 1.82) is 0 Å². The largest absolute Gasteiger partial charge is 0.336 e. The third-order valence-electron chi connectivity index (χ3n) is 3.53. The van der Waals surface area contributed by atoms with E-state index in [-0.39, 0.29) is 29.1 Å². The van der Waals surface area contributed by atoms with Gasteiger partial charge in [-0.25, -0.2) is 13.6 Å². The first-order valence-corrected chi connectivity index (χ1v) is 7.67. The van der Waals surface area contributed by atoms with E-state index in [1.807, 2.05) is 19.0 Å². The second kappa shape index (κ2) is 8.08. The van der Waals surface area contributed by atoms with Crippen molar-refractivity contribution in [2.75, 3.05) is 26.0 Å². The van der Waals surface area contributed by atoms with Gasteiger partial charge in [0.25, 0.3) is 0 Å². The fourth-order valence-corrected chi connectivity index (χ4v) is 2.41. The predicted molar refractivity (Wildman–Crippen MR) is 91.3 cm³/mol. The molecule has 2 rings (SSSR count). The Labute approximate surface area is 144 Å². The summed E-state index contributed by atoms with van der Waals surface area (Å²) in [6.07, 6.45) is 0. The molecule has 24 heavy (non-hydrogen) atoms. The number of anilines is 1. The molecule has 2 amide bonds. The van der Waals surface area contributed by atoms with E-state index < -0.39 is 11.8 Å². The van der Waals surface area contributed by atoms with Crippen LogP contribution in [0.3, 0.4) is 0 Å². The molecule has 0 spiro atoms. The predicted octanol–water partition coefficient (Wildman–Crippen LogP) is 4.04. The van der Waals surface area contributed by atoms with E-state index in [0.29, 0.717) is 0 Å². The molecule has 128 valence electrons. The zero-order valence-electron chi connectivity index (χ0n) is 13.3. The number of hydrogen-bond donors (Lipinski definition) is 2. The van der Waals surface area contributed by atoms with Gasteiger partial charge in [-0.05, 0) is 43.9 Å². The highest BCUT2D eigenvalue weighted by Gasteiger charge is 2.16. The molecule has 0 aliphatic carbocycles. The summed E-state index contributed by atoms with van der Waals surface area (Å²) in [4.78, 5) is 13.9. The van der Waals surface area contributed by atoms with Crippen LogP contribution < -0.4 is 10.6 Å². The lowest BCUT2D eigenvalue weighted by molar-refractivity contribution is 0.243. The highest BCUT2D eigenvalue weighted by atomic mass is 35.5. The van der Waals surface area contributed by atoms with Crippen LogP contribution >= 0.6 is 11.6 Å². The van der Waals surface area contributed by atoms with E-state index in [0.717, 1.165) is 5.56 Å². The average Bonchev–Trinajstić information content (AvgIpc) is 2.53. The van der Waals surface area contributed by atoms with Crippen LogP contribution in [0.5, 0.6) is 0 Å². The van der Waals surface area contributed by atoms with Gasteiger partial charge in [0.15, 0.2) is 5.82 Å². The maximum Gasteiger partial charge on any atom is 0.319 e. The Balaban J connectivity index is 2.00. The minimum absolute atomic E-state index is 0.00295. The third-order valence-corrected chi connectivity index (χ3v) is 3.83. The van der Waals surface area contributed by atoms with Crippen molar-refractivity contribution in [3.05, 3.63) is 64.7 Å². The van der Waals surface area contributed by atoms with Gasteiger partial charge in [-0.3, -0.25) is 0 Å². The minimum Gasteiger partial charge on any atom is -0.336 e. The Morgan fingerprint density at radius 3 is 2.46 bits per heavy atom. The van der Waals surface area contributed by atoms with E-state index in [4.69, 9.17) is 11.6 Å². The van der Waals surface area contributed by atoms with Crippen molar-refractivity contribution in [2.45, 2.75) is 6.04 Å². The van der Waals surface area contributed by atoms with Crippen LogP contribution in [0.2, 0.25) is 5.02 Å². The van der Waals surface area contributed by atoms with E-state index >= 15 is 0 Å². The van der Waals surface area contributed by atoms with Gasteiger partial charge in [0.2, 0.25) is 0 Å². The molecule has 0 saturated carbocycles. The number of hydrogen-bond acceptors (Lipinski definition) is 2. The molecule has 2 N–H and O–H groups in total. The van der Waals surface area contributed by atoms with Crippen LogP contribution in [-0.2, 0) is 0 Å². The average molecular weight is 354 g/mol. The van der Waals surface area contributed by atoms with Crippen molar-refractivity contribution in [1.82, 2.24) is 10.2 Å². The molecule has 0 saturated heterocycles. The standard InChI is InChI=1S/C17H18ClF2N3O/c1-23(2)15(11-6-8-12(19)9-7-11)10-21-17(24)22-14-5-3-4-13(18)16(14)20/h3-9,15H,10H2,1-2H3,(H2,21,22,24). The van der Waals surface area contributed by atoms with Gasteiger partial charge in [0, 0.05) is 6.54 Å². The quantitative estimate of drug-likeness (QED) is 0.852. The van der Waals surface area contributed by atoms with Gasteiger partial charge in [0.1, 0.15) is 5.82 Å². The zero-order valence-corrected chi connectivity index (χ0v) is 14.1. The summed E-state index contributed by atoms with van der Waals surface area (Å²) in [5, 5.41) is 5.03. The first kappa shape index (κ1) is 18.2. The molecule has 0 radical (unpaired) electrons. The molecule has 0 aromatic heterocycles. The number of nitrogens with zero attached hydrogens (tertiary/aromatic N) is 1. The number of halogens is 3. The molecule has 0 aliphatic heterocycles. The molecule has 0 fully saturated rings. The highest BCUT2D eigenvalue weighted by Crippen LogP contribution is 2.22. The van der Waals surface area contributed by atoms with Gasteiger partial charge in [-0.15, -0.1) is 0 Å². The molecular formula is C17H18ClF2N3O. The molecule has 7 heteroatoms. The number of rotatable bonds is 5. The minimum atomic E-state index is -0.683. The number of likely N-dealkylation sites (N-methyl/N-ethyl adjacent to an activating group) is 1. The number of nitrogens with one attached hydrogen (secondary N) is 2. The van der Waals surface area contributed by atoms with Crippen molar-refractivity contribution < 1.29 is 13.6 Å². The van der Waals surface area contributed by atoms with E-state index in [1.54, 1.807) is 18.2 Å². The molecule has 2 aromatic rings. The maximum atomic E-state index is 13.8. The maximum absolute atomic E-state index is 13.8. The molecule has 0 bridgehead atoms. The first-order valence-electron chi connectivity index (χ1n) is 7.29. The summed E-state index contributed by atoms with van der Waals surface area (Å²) < 4.78 is 26.8. The molecule has 1 unspecified atom stereocenters. The van der Waals surface area contributed by atoms with Crippen LogP contribution in [0.25, 0.3) is 0 Å². The number of benzene rings is 2. The highest BCUT2D eigenvalue weighted by molar-refractivity contribution is 6.31. The lowest BCUT2D eigenvalue weighted by Crippen LogP contribution is -2.37. The summed E-state index contributed by atoms with van der Waals surface area (Å²) in [6.45, 7) is 0.270. The van der Waals surface area contributed by atoms with Gasteiger partial charge in [-0.1, -0.05) is 29.8 Å². The van der Waals surface area contributed by atoms with Crippen molar-refractivity contribution >= 4 is 23.3 Å². The Kier molecular flexibility index (Phi) is 6.11. The molecule has 4 nitrogen and oxygen atoms in total. The summed E-state index contributed by atoms with van der Waals surface area (Å²) in [5.74, 6) is -1.00. The summed E-state index contributed by atoms with van der Waals surface area (Å²) >= 11 is 5.68. The Hall–Kier alpha value is -2.18. The lowest BCUT2D eigenvalue weighted by atomic mass is 10.1. The van der Waals surface area contributed by atoms with Gasteiger partial charge < -0.3 is 15.5 Å². The first-order chi connectivity index (χ1) is 11.4. The number of carbonyl (C=O) groups excluding carboxylic acids is 1. The Morgan fingerprint density at radius 1 is 1.17 bits per heavy atom. The van der Waals surface area contributed by atoms with Crippen LogP contribution in [0.4, 0.5) is 19.3 Å². The van der Waals surface area contributed by atoms with Crippen LogP contribution in [-0.4, -0.2) is 31.6 Å². The van der Waals surface area contributed by atoms with E-state index in [9.17, 15) is 13.6 Å². The van der Waals surface area contributed by atoms with Gasteiger partial charge >= 0.3 is 6.03 Å².